The lowest BCUT2D eigenvalue weighted by Crippen LogP contribution is -2.42. The highest BCUT2D eigenvalue weighted by molar-refractivity contribution is 8.14. The molecule has 31 heavy (non-hydrogen) atoms. The number of amidine groups is 1. The van der Waals surface area contributed by atoms with Crippen LogP contribution in [0.1, 0.15) is 56.8 Å². The summed E-state index contributed by atoms with van der Waals surface area (Å²) < 4.78 is 0. The molecule has 0 saturated carbocycles. The molecule has 3 N–H and O–H groups in total. The van der Waals surface area contributed by atoms with E-state index >= 15 is 0 Å². The van der Waals surface area contributed by atoms with Crippen LogP contribution in [0.2, 0.25) is 0 Å². The average molecular weight is 447 g/mol. The molecule has 0 aliphatic carbocycles. The summed E-state index contributed by atoms with van der Waals surface area (Å²) in [6, 6.07) is 7.05. The molecule has 2 heterocycles. The van der Waals surface area contributed by atoms with Crippen LogP contribution in [0.4, 0.5) is 5.69 Å². The van der Waals surface area contributed by atoms with Gasteiger partial charge in [0, 0.05) is 37.3 Å². The van der Waals surface area contributed by atoms with E-state index in [1.54, 1.807) is 24.3 Å². The molecule has 3 rings (SSSR count). The quantitative estimate of drug-likeness (QED) is 0.559. The molecular weight excluding hydrogens is 412 g/mol. The van der Waals surface area contributed by atoms with Gasteiger partial charge in [-0.3, -0.25) is 14.6 Å². The first-order valence-electron chi connectivity index (χ1n) is 11.2. The first-order valence-corrected chi connectivity index (χ1v) is 12.1. The first-order chi connectivity index (χ1) is 14.9. The van der Waals surface area contributed by atoms with Gasteiger partial charge in [0.25, 0.3) is 5.91 Å². The van der Waals surface area contributed by atoms with Gasteiger partial charge in [-0.1, -0.05) is 39.0 Å². The highest BCUT2D eigenvalue weighted by Crippen LogP contribution is 2.26. The van der Waals surface area contributed by atoms with E-state index in [9.17, 15) is 14.7 Å². The van der Waals surface area contributed by atoms with Crippen molar-refractivity contribution >= 4 is 34.4 Å². The number of unbranched alkanes of at least 4 members (excludes halogenated alkanes) is 1. The van der Waals surface area contributed by atoms with Gasteiger partial charge >= 0.3 is 0 Å². The number of anilines is 1. The summed E-state index contributed by atoms with van der Waals surface area (Å²) in [7, 11) is 0. The number of hydrogen-bond acceptors (Lipinski definition) is 5. The maximum absolute atomic E-state index is 12.8. The lowest BCUT2D eigenvalue weighted by atomic mass is 9.91. The molecule has 0 spiro atoms. The van der Waals surface area contributed by atoms with Crippen molar-refractivity contribution in [1.29, 1.82) is 0 Å². The second-order valence-electron chi connectivity index (χ2n) is 8.77. The van der Waals surface area contributed by atoms with E-state index in [1.165, 1.54) is 11.8 Å². The van der Waals surface area contributed by atoms with E-state index in [0.717, 1.165) is 38.9 Å². The Labute approximate surface area is 189 Å². The minimum absolute atomic E-state index is 0.0442. The van der Waals surface area contributed by atoms with E-state index in [-0.39, 0.29) is 23.5 Å². The minimum atomic E-state index is -0.787. The molecule has 2 fully saturated rings. The Morgan fingerprint density at radius 1 is 1.23 bits per heavy atom. The predicted octanol–water partition coefficient (Wildman–Crippen LogP) is 3.31. The van der Waals surface area contributed by atoms with Crippen LogP contribution in [0.15, 0.2) is 29.3 Å². The first kappa shape index (κ1) is 23.6. The van der Waals surface area contributed by atoms with E-state index in [1.807, 2.05) is 4.90 Å². The van der Waals surface area contributed by atoms with Crippen LogP contribution in [0, 0.1) is 11.8 Å². The molecule has 0 radical (unpaired) electrons. The largest absolute Gasteiger partial charge is 0.373 e. The molecule has 2 amide bonds. The number of aliphatic hydroxyl groups excluding tert-OH is 1. The van der Waals surface area contributed by atoms with Crippen molar-refractivity contribution in [3.63, 3.8) is 0 Å². The van der Waals surface area contributed by atoms with E-state index in [4.69, 9.17) is 0 Å². The SMILES string of the molecule is CCCCN=C1NC(O)C(CC(=O)Nc2ccc(C(=O)N3CC(C)CC(C)C3)cc2)S1. The maximum Gasteiger partial charge on any atom is 0.253 e. The summed E-state index contributed by atoms with van der Waals surface area (Å²) >= 11 is 1.41. The van der Waals surface area contributed by atoms with Gasteiger partial charge in [-0.25, -0.2) is 0 Å². The lowest BCUT2D eigenvalue weighted by molar-refractivity contribution is -0.116. The molecule has 2 saturated heterocycles. The van der Waals surface area contributed by atoms with E-state index in [2.05, 4.69) is 36.4 Å². The molecule has 1 aromatic carbocycles. The van der Waals surface area contributed by atoms with Gasteiger partial charge in [0.15, 0.2) is 5.17 Å². The molecule has 0 aromatic heterocycles. The summed E-state index contributed by atoms with van der Waals surface area (Å²) in [5.41, 5.74) is 1.28. The Bertz CT molecular complexity index is 789. The predicted molar refractivity (Wildman–Crippen MR) is 126 cm³/mol. The normalized spacial score (nSPS) is 27.2. The second-order valence-corrected chi connectivity index (χ2v) is 10.00. The Hall–Kier alpha value is -2.06. The fourth-order valence-electron chi connectivity index (χ4n) is 4.14. The molecule has 8 heteroatoms. The van der Waals surface area contributed by atoms with Gasteiger partial charge in [-0.15, -0.1) is 0 Å². The number of hydrogen-bond donors (Lipinski definition) is 3. The van der Waals surface area contributed by atoms with Gasteiger partial charge in [-0.05, 0) is 48.9 Å². The Morgan fingerprint density at radius 2 is 1.90 bits per heavy atom. The summed E-state index contributed by atoms with van der Waals surface area (Å²) in [5.74, 6) is 0.900. The van der Waals surface area contributed by atoms with Crippen LogP contribution in [0.3, 0.4) is 0 Å². The van der Waals surface area contributed by atoms with Crippen LogP contribution in [0.5, 0.6) is 0 Å². The van der Waals surface area contributed by atoms with Gasteiger partial charge in [0.2, 0.25) is 5.91 Å². The number of benzene rings is 1. The van der Waals surface area contributed by atoms with Crippen LogP contribution in [0.25, 0.3) is 0 Å². The van der Waals surface area contributed by atoms with Crippen molar-refractivity contribution in [3.8, 4) is 0 Å². The van der Waals surface area contributed by atoms with Crippen molar-refractivity contribution in [2.24, 2.45) is 16.8 Å². The zero-order chi connectivity index (χ0) is 22.4. The topological polar surface area (TPSA) is 94.0 Å². The zero-order valence-electron chi connectivity index (χ0n) is 18.6. The van der Waals surface area contributed by atoms with Gasteiger partial charge in [0.1, 0.15) is 6.23 Å². The zero-order valence-corrected chi connectivity index (χ0v) is 19.5. The third-order valence-electron chi connectivity index (χ3n) is 5.61. The van der Waals surface area contributed by atoms with Crippen LogP contribution in [-0.4, -0.2) is 58.1 Å². The number of thioether (sulfide) groups is 1. The number of nitrogens with one attached hydrogen (secondary N) is 2. The smallest absolute Gasteiger partial charge is 0.253 e. The number of nitrogens with zero attached hydrogens (tertiary/aromatic N) is 2. The monoisotopic (exact) mass is 446 g/mol. The van der Waals surface area contributed by atoms with Gasteiger partial charge < -0.3 is 20.6 Å². The highest BCUT2D eigenvalue weighted by Gasteiger charge is 2.32. The molecule has 4 atom stereocenters. The van der Waals surface area contributed by atoms with Gasteiger partial charge in [0.05, 0.1) is 5.25 Å². The van der Waals surface area contributed by atoms with E-state index in [0.29, 0.717) is 28.3 Å². The van der Waals surface area contributed by atoms with Crippen molar-refractivity contribution in [3.05, 3.63) is 29.8 Å². The highest BCUT2D eigenvalue weighted by atomic mass is 32.2. The number of amides is 2. The molecule has 4 unspecified atom stereocenters. The molecule has 2 aliphatic heterocycles. The van der Waals surface area contributed by atoms with Gasteiger partial charge in [-0.2, -0.15) is 0 Å². The van der Waals surface area contributed by atoms with Crippen LogP contribution in [-0.2, 0) is 4.79 Å². The fourth-order valence-corrected chi connectivity index (χ4v) is 5.21. The third-order valence-corrected chi connectivity index (χ3v) is 6.81. The van der Waals surface area contributed by atoms with Crippen LogP contribution >= 0.6 is 11.8 Å². The Balaban J connectivity index is 1.51. The Morgan fingerprint density at radius 3 is 2.55 bits per heavy atom. The van der Waals surface area contributed by atoms with E-state index < -0.39 is 6.23 Å². The molecule has 0 bridgehead atoms. The number of aliphatic imine (C=N–C) groups is 1. The molecule has 1 aromatic rings. The number of aliphatic hydroxyl groups is 1. The minimum Gasteiger partial charge on any atom is -0.373 e. The number of rotatable bonds is 7. The van der Waals surface area contributed by atoms with Crippen LogP contribution < -0.4 is 10.6 Å². The summed E-state index contributed by atoms with van der Waals surface area (Å²) in [6.07, 6.45) is 2.61. The number of carbonyl (C=O) groups excluding carboxylic acids is 2. The second kappa shape index (κ2) is 11.0. The molecular formula is C23H34N4O3S. The van der Waals surface area contributed by atoms with Crippen molar-refractivity contribution < 1.29 is 14.7 Å². The standard InChI is InChI=1S/C23H34N4O3S/c1-4-5-10-24-23-26-21(29)19(31-23)12-20(28)25-18-8-6-17(7-9-18)22(30)27-13-15(2)11-16(3)14-27/h6-9,15-16,19,21,29H,4-5,10-14H2,1-3H3,(H,24,26)(H,25,28). The van der Waals surface area contributed by atoms with Crippen molar-refractivity contribution in [2.75, 3.05) is 25.0 Å². The summed E-state index contributed by atoms with van der Waals surface area (Å²) in [4.78, 5) is 31.6. The lowest BCUT2D eigenvalue weighted by Gasteiger charge is -2.35. The molecule has 170 valence electrons. The molecule has 7 nitrogen and oxygen atoms in total. The average Bonchev–Trinajstić information content (AvgIpc) is 3.06. The third kappa shape index (κ3) is 6.71. The summed E-state index contributed by atoms with van der Waals surface area (Å²) in [5, 5.41) is 16.4. The summed E-state index contributed by atoms with van der Waals surface area (Å²) in [6.45, 7) is 8.78. The molecule has 2 aliphatic rings. The number of piperidine rings is 1. The fraction of sp³-hybridized carbons (Fsp3) is 0.609. The Kier molecular flexibility index (Phi) is 8.37. The van der Waals surface area contributed by atoms with Crippen molar-refractivity contribution in [1.82, 2.24) is 10.2 Å². The number of likely N-dealkylation sites (tertiary alicyclic amines) is 1. The number of carbonyl (C=O) groups is 2. The van der Waals surface area contributed by atoms with Crippen molar-refractivity contribution in [2.45, 2.75) is 57.9 Å². The maximum atomic E-state index is 12.8.